The van der Waals surface area contributed by atoms with Crippen LogP contribution >= 0.6 is 0 Å². The number of methoxy groups -OCH3 is 1. The second-order valence-corrected chi connectivity index (χ2v) is 6.73. The van der Waals surface area contributed by atoms with Crippen LogP contribution in [0.1, 0.15) is 35.3 Å². The molecule has 1 fully saturated rings. The summed E-state index contributed by atoms with van der Waals surface area (Å²) in [6.45, 7) is 2.18. The number of ether oxygens (including phenoxy) is 1. The summed E-state index contributed by atoms with van der Waals surface area (Å²) in [7, 11) is 1.36. The van der Waals surface area contributed by atoms with Crippen molar-refractivity contribution in [1.29, 1.82) is 0 Å². The second kappa shape index (κ2) is 9.27. The molecule has 1 N–H and O–H groups in total. The topological polar surface area (TPSA) is 97.6 Å². The average Bonchev–Trinajstić information content (AvgIpc) is 3.01. The zero-order valence-electron chi connectivity index (χ0n) is 15.8. The number of aromatic nitrogens is 1. The molecule has 1 saturated heterocycles. The van der Waals surface area contributed by atoms with Gasteiger partial charge >= 0.3 is 5.69 Å². The van der Waals surface area contributed by atoms with Gasteiger partial charge in [-0.2, -0.15) is 0 Å². The van der Waals surface area contributed by atoms with E-state index in [0.29, 0.717) is 12.1 Å². The summed E-state index contributed by atoms with van der Waals surface area (Å²) in [5.41, 5.74) is 1.02. The van der Waals surface area contributed by atoms with Gasteiger partial charge in [-0.1, -0.05) is 6.07 Å². The Kier molecular flexibility index (Phi) is 6.54. The highest BCUT2D eigenvalue weighted by molar-refractivity contribution is 5.95. The summed E-state index contributed by atoms with van der Waals surface area (Å²) < 4.78 is 5.13. The molecular formula is C20H24N4O4. The summed E-state index contributed by atoms with van der Waals surface area (Å²) in [4.78, 5) is 30.2. The number of benzene rings is 1. The molecule has 1 aliphatic heterocycles. The minimum atomic E-state index is -0.518. The van der Waals surface area contributed by atoms with Gasteiger partial charge in [-0.25, -0.2) is 0 Å². The van der Waals surface area contributed by atoms with E-state index in [9.17, 15) is 14.9 Å². The molecule has 1 aromatic heterocycles. The largest absolute Gasteiger partial charge is 0.490 e. The van der Waals surface area contributed by atoms with Crippen LogP contribution < -0.4 is 10.1 Å². The Balaban J connectivity index is 1.92. The fourth-order valence-corrected chi connectivity index (χ4v) is 3.47. The number of amides is 1. The first-order valence-electron chi connectivity index (χ1n) is 9.34. The van der Waals surface area contributed by atoms with Crippen molar-refractivity contribution < 1.29 is 14.5 Å². The van der Waals surface area contributed by atoms with E-state index in [1.165, 1.54) is 25.3 Å². The first-order valence-corrected chi connectivity index (χ1v) is 9.34. The lowest BCUT2D eigenvalue weighted by Gasteiger charge is -2.31. The molecule has 1 aromatic carbocycles. The van der Waals surface area contributed by atoms with Gasteiger partial charge in [0, 0.05) is 29.9 Å². The number of carbonyl (C=O) groups excluding carboxylic acids is 1. The molecule has 0 radical (unpaired) electrons. The average molecular weight is 384 g/mol. The highest BCUT2D eigenvalue weighted by atomic mass is 16.6. The minimum Gasteiger partial charge on any atom is -0.490 e. The number of rotatable bonds is 6. The van der Waals surface area contributed by atoms with Gasteiger partial charge in [-0.05, 0) is 50.6 Å². The van der Waals surface area contributed by atoms with Crippen LogP contribution in [0, 0.1) is 10.1 Å². The molecule has 8 nitrogen and oxygen atoms in total. The third-order valence-corrected chi connectivity index (χ3v) is 4.93. The van der Waals surface area contributed by atoms with E-state index in [0.717, 1.165) is 38.0 Å². The van der Waals surface area contributed by atoms with E-state index < -0.39 is 4.92 Å². The molecule has 1 aliphatic rings. The third kappa shape index (κ3) is 4.64. The SMILES string of the molecule is COc1cc(C(=O)N(Cc2ccccn2)C2CCCNCC2)ccc1[N+](=O)[O-]. The molecule has 2 aromatic rings. The summed E-state index contributed by atoms with van der Waals surface area (Å²) in [6.07, 6.45) is 4.44. The molecule has 3 rings (SSSR count). The van der Waals surface area contributed by atoms with Gasteiger partial charge in [0.2, 0.25) is 0 Å². The van der Waals surface area contributed by atoms with Crippen molar-refractivity contribution >= 4 is 11.6 Å². The normalized spacial score (nSPS) is 16.8. The highest BCUT2D eigenvalue weighted by Crippen LogP contribution is 2.29. The van der Waals surface area contributed by atoms with Crippen molar-refractivity contribution in [2.24, 2.45) is 0 Å². The molecule has 0 spiro atoms. The molecule has 1 unspecified atom stereocenters. The molecular weight excluding hydrogens is 360 g/mol. The summed E-state index contributed by atoms with van der Waals surface area (Å²) in [5, 5.41) is 14.5. The Morgan fingerprint density at radius 3 is 2.89 bits per heavy atom. The van der Waals surface area contributed by atoms with Crippen LogP contribution in [0.2, 0.25) is 0 Å². The van der Waals surface area contributed by atoms with Crippen LogP contribution in [0.15, 0.2) is 42.6 Å². The minimum absolute atomic E-state index is 0.0747. The molecule has 1 amide bonds. The standard InChI is InChI=1S/C20H24N4O4/c1-28-19-13-15(7-8-18(19)24(26)27)20(25)23(14-16-5-2-3-11-22-16)17-6-4-10-21-12-9-17/h2-3,5,7-8,11,13,17,21H,4,6,9-10,12,14H2,1H3. The number of nitrogens with one attached hydrogen (secondary N) is 1. The predicted octanol–water partition coefficient (Wildman–Crippen LogP) is 2.78. The Morgan fingerprint density at radius 2 is 2.18 bits per heavy atom. The monoisotopic (exact) mass is 384 g/mol. The number of nitrogens with zero attached hydrogens (tertiary/aromatic N) is 3. The Bertz CT molecular complexity index is 820. The van der Waals surface area contributed by atoms with E-state index in [1.807, 2.05) is 23.1 Å². The van der Waals surface area contributed by atoms with Gasteiger partial charge < -0.3 is 15.0 Å². The maximum atomic E-state index is 13.4. The molecule has 0 bridgehead atoms. The lowest BCUT2D eigenvalue weighted by atomic mass is 10.0. The number of nitro groups is 1. The van der Waals surface area contributed by atoms with E-state index in [2.05, 4.69) is 10.3 Å². The van der Waals surface area contributed by atoms with Gasteiger partial charge in [0.25, 0.3) is 5.91 Å². The number of carbonyl (C=O) groups is 1. The highest BCUT2D eigenvalue weighted by Gasteiger charge is 2.27. The van der Waals surface area contributed by atoms with Crippen molar-refractivity contribution in [3.8, 4) is 5.75 Å². The molecule has 0 saturated carbocycles. The summed E-state index contributed by atoms with van der Waals surface area (Å²) in [5.74, 6) is -0.0954. The quantitative estimate of drug-likeness (QED) is 0.607. The Hall–Kier alpha value is -3.00. The third-order valence-electron chi connectivity index (χ3n) is 4.93. The van der Waals surface area contributed by atoms with E-state index in [-0.39, 0.29) is 23.4 Å². The van der Waals surface area contributed by atoms with E-state index >= 15 is 0 Å². The second-order valence-electron chi connectivity index (χ2n) is 6.73. The van der Waals surface area contributed by atoms with Crippen molar-refractivity contribution in [3.05, 3.63) is 64.0 Å². The van der Waals surface area contributed by atoms with Crippen molar-refractivity contribution in [2.75, 3.05) is 20.2 Å². The fourth-order valence-electron chi connectivity index (χ4n) is 3.47. The molecule has 1 atom stereocenters. The maximum absolute atomic E-state index is 13.4. The predicted molar refractivity (Wildman–Crippen MR) is 104 cm³/mol. The van der Waals surface area contributed by atoms with Crippen LogP contribution in [0.4, 0.5) is 5.69 Å². The molecule has 2 heterocycles. The zero-order valence-corrected chi connectivity index (χ0v) is 15.8. The number of nitro benzene ring substituents is 1. The van der Waals surface area contributed by atoms with Crippen LogP contribution in [0.5, 0.6) is 5.75 Å². The van der Waals surface area contributed by atoms with E-state index in [4.69, 9.17) is 4.74 Å². The number of pyridine rings is 1. The summed E-state index contributed by atoms with van der Waals surface area (Å²) >= 11 is 0. The zero-order chi connectivity index (χ0) is 19.9. The van der Waals surface area contributed by atoms with Gasteiger partial charge in [-0.3, -0.25) is 19.9 Å². The van der Waals surface area contributed by atoms with Crippen molar-refractivity contribution in [1.82, 2.24) is 15.2 Å². The number of hydrogen-bond acceptors (Lipinski definition) is 6. The fraction of sp³-hybridized carbons (Fsp3) is 0.400. The molecule has 148 valence electrons. The Labute approximate surface area is 163 Å². The molecule has 8 heteroatoms. The van der Waals surface area contributed by atoms with Crippen LogP contribution in [0.3, 0.4) is 0 Å². The first-order chi connectivity index (χ1) is 13.6. The first kappa shape index (κ1) is 19.8. The van der Waals surface area contributed by atoms with Crippen LogP contribution in [-0.2, 0) is 6.54 Å². The summed E-state index contributed by atoms with van der Waals surface area (Å²) in [6, 6.07) is 9.96. The van der Waals surface area contributed by atoms with Crippen molar-refractivity contribution in [2.45, 2.75) is 31.8 Å². The van der Waals surface area contributed by atoms with E-state index in [1.54, 1.807) is 6.20 Å². The maximum Gasteiger partial charge on any atom is 0.310 e. The van der Waals surface area contributed by atoms with Crippen LogP contribution in [-0.4, -0.2) is 47.0 Å². The lowest BCUT2D eigenvalue weighted by molar-refractivity contribution is -0.385. The van der Waals surface area contributed by atoms with Gasteiger partial charge in [0.05, 0.1) is 24.3 Å². The molecule has 28 heavy (non-hydrogen) atoms. The van der Waals surface area contributed by atoms with Crippen molar-refractivity contribution in [3.63, 3.8) is 0 Å². The number of hydrogen-bond donors (Lipinski definition) is 1. The molecule has 0 aliphatic carbocycles. The van der Waals surface area contributed by atoms with Gasteiger partial charge in [0.15, 0.2) is 5.75 Å². The van der Waals surface area contributed by atoms with Gasteiger partial charge in [0.1, 0.15) is 0 Å². The lowest BCUT2D eigenvalue weighted by Crippen LogP contribution is -2.40. The smallest absolute Gasteiger partial charge is 0.310 e. The van der Waals surface area contributed by atoms with Gasteiger partial charge in [-0.15, -0.1) is 0 Å². The Morgan fingerprint density at radius 1 is 1.32 bits per heavy atom. The van der Waals surface area contributed by atoms with Crippen LogP contribution in [0.25, 0.3) is 0 Å².